The lowest BCUT2D eigenvalue weighted by Crippen LogP contribution is -2.13. The number of anilines is 1. The standard InChI is InChI=1S/C15H14N2O4/c1-9-7-11(4-6-14(18)19)3-5-12(9)16-15(20)13-8-10(2)21-17-13/h3-8H,1-2H3,(H,16,20)(H,18,19). The second-order valence-corrected chi connectivity index (χ2v) is 4.52. The number of nitrogens with zero attached hydrogens (tertiary/aromatic N) is 1. The maximum Gasteiger partial charge on any atom is 0.328 e. The van der Waals surface area contributed by atoms with Gasteiger partial charge in [-0.05, 0) is 43.2 Å². The van der Waals surface area contributed by atoms with E-state index in [2.05, 4.69) is 10.5 Å². The first-order chi connectivity index (χ1) is 9.95. The molecule has 0 bridgehead atoms. The van der Waals surface area contributed by atoms with Gasteiger partial charge in [0.15, 0.2) is 5.69 Å². The smallest absolute Gasteiger partial charge is 0.328 e. The summed E-state index contributed by atoms with van der Waals surface area (Å²) in [6.07, 6.45) is 2.55. The number of nitrogens with one attached hydrogen (secondary N) is 1. The average Bonchev–Trinajstić information content (AvgIpc) is 2.86. The van der Waals surface area contributed by atoms with Crippen LogP contribution in [0.1, 0.15) is 27.4 Å². The van der Waals surface area contributed by atoms with Gasteiger partial charge in [0.25, 0.3) is 5.91 Å². The Kier molecular flexibility index (Phi) is 4.18. The molecule has 0 aliphatic heterocycles. The van der Waals surface area contributed by atoms with E-state index in [1.54, 1.807) is 31.2 Å². The third-order valence-electron chi connectivity index (χ3n) is 2.78. The number of carbonyl (C=O) groups is 2. The summed E-state index contributed by atoms with van der Waals surface area (Å²) in [5.41, 5.74) is 2.40. The summed E-state index contributed by atoms with van der Waals surface area (Å²) in [7, 11) is 0. The predicted octanol–water partition coefficient (Wildman–Crippen LogP) is 2.64. The highest BCUT2D eigenvalue weighted by atomic mass is 16.5. The number of aryl methyl sites for hydroxylation is 2. The van der Waals surface area contributed by atoms with Crippen molar-refractivity contribution in [3.05, 3.63) is 52.9 Å². The number of hydrogen-bond acceptors (Lipinski definition) is 4. The Labute approximate surface area is 121 Å². The van der Waals surface area contributed by atoms with E-state index in [9.17, 15) is 9.59 Å². The summed E-state index contributed by atoms with van der Waals surface area (Å²) in [6.45, 7) is 3.53. The Balaban J connectivity index is 2.14. The van der Waals surface area contributed by atoms with Crippen molar-refractivity contribution >= 4 is 23.6 Å². The van der Waals surface area contributed by atoms with Gasteiger partial charge in [-0.25, -0.2) is 4.79 Å². The third-order valence-corrected chi connectivity index (χ3v) is 2.78. The number of carboxylic acids is 1. The molecule has 1 aromatic heterocycles. The lowest BCUT2D eigenvalue weighted by atomic mass is 10.1. The lowest BCUT2D eigenvalue weighted by molar-refractivity contribution is -0.131. The van der Waals surface area contributed by atoms with Crippen LogP contribution < -0.4 is 5.32 Å². The van der Waals surface area contributed by atoms with Crippen molar-refractivity contribution in [1.82, 2.24) is 5.16 Å². The van der Waals surface area contributed by atoms with Gasteiger partial charge in [-0.1, -0.05) is 11.2 Å². The zero-order valence-electron chi connectivity index (χ0n) is 11.6. The fraction of sp³-hybridized carbons (Fsp3) is 0.133. The Morgan fingerprint density at radius 1 is 1.29 bits per heavy atom. The second-order valence-electron chi connectivity index (χ2n) is 4.52. The van der Waals surface area contributed by atoms with Crippen LogP contribution in [0, 0.1) is 13.8 Å². The summed E-state index contributed by atoms with van der Waals surface area (Å²) in [6, 6.07) is 6.76. The average molecular weight is 286 g/mol. The molecule has 0 radical (unpaired) electrons. The number of carbonyl (C=O) groups excluding carboxylic acids is 1. The number of rotatable bonds is 4. The number of aliphatic carboxylic acids is 1. The van der Waals surface area contributed by atoms with Gasteiger partial charge >= 0.3 is 5.97 Å². The molecule has 2 rings (SSSR count). The van der Waals surface area contributed by atoms with E-state index in [4.69, 9.17) is 9.63 Å². The normalized spacial score (nSPS) is 10.8. The summed E-state index contributed by atoms with van der Waals surface area (Å²) in [5.74, 6) is -0.804. The lowest BCUT2D eigenvalue weighted by Gasteiger charge is -2.07. The predicted molar refractivity (Wildman–Crippen MR) is 77.0 cm³/mol. The fourth-order valence-electron chi connectivity index (χ4n) is 1.76. The Bertz CT molecular complexity index is 716. The number of aromatic nitrogens is 1. The van der Waals surface area contributed by atoms with E-state index in [1.807, 2.05) is 6.92 Å². The molecule has 1 aromatic carbocycles. The molecule has 0 aliphatic rings. The highest BCUT2D eigenvalue weighted by molar-refractivity contribution is 6.03. The van der Waals surface area contributed by atoms with E-state index < -0.39 is 5.97 Å². The van der Waals surface area contributed by atoms with Crippen molar-refractivity contribution in [1.29, 1.82) is 0 Å². The largest absolute Gasteiger partial charge is 0.478 e. The van der Waals surface area contributed by atoms with E-state index in [0.29, 0.717) is 11.4 Å². The van der Waals surface area contributed by atoms with Crippen LogP contribution in [-0.4, -0.2) is 22.1 Å². The molecular formula is C15H14N2O4. The van der Waals surface area contributed by atoms with Crippen molar-refractivity contribution < 1.29 is 19.2 Å². The molecule has 0 atom stereocenters. The van der Waals surface area contributed by atoms with Gasteiger partial charge in [0, 0.05) is 17.8 Å². The summed E-state index contributed by atoms with van der Waals surface area (Å²) >= 11 is 0. The molecule has 6 nitrogen and oxygen atoms in total. The maximum absolute atomic E-state index is 12.0. The van der Waals surface area contributed by atoms with Crippen LogP contribution in [-0.2, 0) is 4.79 Å². The molecule has 1 heterocycles. The molecule has 2 aromatic rings. The van der Waals surface area contributed by atoms with Crippen LogP contribution in [0.25, 0.3) is 6.08 Å². The highest BCUT2D eigenvalue weighted by Crippen LogP contribution is 2.18. The minimum Gasteiger partial charge on any atom is -0.478 e. The molecule has 21 heavy (non-hydrogen) atoms. The topological polar surface area (TPSA) is 92.4 Å². The molecule has 2 N–H and O–H groups in total. The first-order valence-electron chi connectivity index (χ1n) is 6.22. The quantitative estimate of drug-likeness (QED) is 0.843. The minimum absolute atomic E-state index is 0.210. The molecule has 0 saturated carbocycles. The Hall–Kier alpha value is -2.89. The molecule has 108 valence electrons. The van der Waals surface area contributed by atoms with Gasteiger partial charge in [0.2, 0.25) is 0 Å². The van der Waals surface area contributed by atoms with Crippen LogP contribution in [0.5, 0.6) is 0 Å². The van der Waals surface area contributed by atoms with Crippen LogP contribution in [0.15, 0.2) is 34.9 Å². The van der Waals surface area contributed by atoms with Crippen LogP contribution in [0.3, 0.4) is 0 Å². The molecule has 0 fully saturated rings. The summed E-state index contributed by atoms with van der Waals surface area (Å²) < 4.78 is 4.85. The van der Waals surface area contributed by atoms with Gasteiger partial charge in [0.1, 0.15) is 5.76 Å². The molecule has 0 saturated heterocycles. The van der Waals surface area contributed by atoms with Crippen molar-refractivity contribution in [2.75, 3.05) is 5.32 Å². The van der Waals surface area contributed by atoms with Crippen molar-refractivity contribution in [2.45, 2.75) is 13.8 Å². The van der Waals surface area contributed by atoms with Crippen LogP contribution >= 0.6 is 0 Å². The highest BCUT2D eigenvalue weighted by Gasteiger charge is 2.12. The summed E-state index contributed by atoms with van der Waals surface area (Å²) in [4.78, 5) is 22.4. The third kappa shape index (κ3) is 3.79. The van der Waals surface area contributed by atoms with E-state index in [0.717, 1.165) is 17.2 Å². The maximum atomic E-state index is 12.0. The van der Waals surface area contributed by atoms with Crippen LogP contribution in [0.4, 0.5) is 5.69 Å². The molecule has 6 heteroatoms. The molecule has 0 spiro atoms. The van der Waals surface area contributed by atoms with E-state index >= 15 is 0 Å². The Morgan fingerprint density at radius 2 is 2.05 bits per heavy atom. The minimum atomic E-state index is -1.01. The Morgan fingerprint density at radius 3 is 2.62 bits per heavy atom. The van der Waals surface area contributed by atoms with E-state index in [-0.39, 0.29) is 11.6 Å². The first kappa shape index (κ1) is 14.5. The van der Waals surface area contributed by atoms with Gasteiger partial charge in [-0.15, -0.1) is 0 Å². The molecule has 0 unspecified atom stereocenters. The van der Waals surface area contributed by atoms with Crippen LogP contribution in [0.2, 0.25) is 0 Å². The first-order valence-corrected chi connectivity index (χ1v) is 6.22. The van der Waals surface area contributed by atoms with Gasteiger partial charge in [-0.3, -0.25) is 4.79 Å². The fourth-order valence-corrected chi connectivity index (χ4v) is 1.76. The zero-order valence-corrected chi connectivity index (χ0v) is 11.6. The molecular weight excluding hydrogens is 272 g/mol. The zero-order chi connectivity index (χ0) is 15.4. The number of amides is 1. The van der Waals surface area contributed by atoms with Crippen molar-refractivity contribution in [3.8, 4) is 0 Å². The summed E-state index contributed by atoms with van der Waals surface area (Å²) in [5, 5.41) is 15.0. The van der Waals surface area contributed by atoms with Gasteiger partial charge < -0.3 is 14.9 Å². The SMILES string of the molecule is Cc1cc(C(=O)Nc2ccc(C=CC(=O)O)cc2C)no1. The number of carboxylic acid groups (broad SMARTS) is 1. The van der Waals surface area contributed by atoms with E-state index in [1.165, 1.54) is 6.08 Å². The van der Waals surface area contributed by atoms with Gasteiger partial charge in [0.05, 0.1) is 0 Å². The van der Waals surface area contributed by atoms with Gasteiger partial charge in [-0.2, -0.15) is 0 Å². The molecule has 1 amide bonds. The number of hydrogen-bond donors (Lipinski definition) is 2. The monoisotopic (exact) mass is 286 g/mol. The second kappa shape index (κ2) is 6.04. The van der Waals surface area contributed by atoms with Crippen molar-refractivity contribution in [3.63, 3.8) is 0 Å². The number of benzene rings is 1. The van der Waals surface area contributed by atoms with Crippen molar-refractivity contribution in [2.24, 2.45) is 0 Å². The molecule has 0 aliphatic carbocycles.